The van der Waals surface area contributed by atoms with Gasteiger partial charge in [-0.05, 0) is 31.4 Å². The Balaban J connectivity index is 1.37. The van der Waals surface area contributed by atoms with Crippen LogP contribution in [0.5, 0.6) is 0 Å². The zero-order chi connectivity index (χ0) is 16.8. The molecule has 2 aromatic rings. The second-order valence-electron chi connectivity index (χ2n) is 6.18. The minimum Gasteiger partial charge on any atom is -0.376 e. The number of carbonyl (C=O) groups is 1. The maximum Gasteiger partial charge on any atom is 0.246 e. The van der Waals surface area contributed by atoms with E-state index in [-0.39, 0.29) is 18.6 Å². The SMILES string of the molecule is Cn1c(CCNC(=O)COCC2CCCCO2)nc2ccccc21. The number of aromatic nitrogens is 2. The normalized spacial score (nSPS) is 18.0. The standard InChI is InChI=1S/C18H25N3O3/c1-21-16-8-3-2-7-15(16)20-17(21)9-10-19-18(22)13-23-12-14-6-4-5-11-24-14/h2-3,7-8,14H,4-6,9-13H2,1H3,(H,19,22). The van der Waals surface area contributed by atoms with E-state index in [1.54, 1.807) is 0 Å². The van der Waals surface area contributed by atoms with Crippen LogP contribution >= 0.6 is 0 Å². The molecular weight excluding hydrogens is 306 g/mol. The molecule has 1 atom stereocenters. The first kappa shape index (κ1) is 16.9. The molecule has 1 aromatic carbocycles. The molecule has 1 aromatic heterocycles. The van der Waals surface area contributed by atoms with Gasteiger partial charge in [-0.15, -0.1) is 0 Å². The van der Waals surface area contributed by atoms with Crippen molar-refractivity contribution in [1.82, 2.24) is 14.9 Å². The van der Waals surface area contributed by atoms with Gasteiger partial charge in [-0.25, -0.2) is 4.98 Å². The van der Waals surface area contributed by atoms with Crippen molar-refractivity contribution in [3.63, 3.8) is 0 Å². The van der Waals surface area contributed by atoms with Gasteiger partial charge in [0.2, 0.25) is 5.91 Å². The molecule has 1 N–H and O–H groups in total. The first-order valence-electron chi connectivity index (χ1n) is 8.60. The molecule has 3 rings (SSSR count). The molecular formula is C18H25N3O3. The molecule has 1 unspecified atom stereocenters. The molecule has 1 aliphatic rings. The Morgan fingerprint density at radius 3 is 3.08 bits per heavy atom. The monoisotopic (exact) mass is 331 g/mol. The Morgan fingerprint density at radius 1 is 1.42 bits per heavy atom. The summed E-state index contributed by atoms with van der Waals surface area (Å²) in [6.45, 7) is 1.94. The third kappa shape index (κ3) is 4.33. The molecule has 6 nitrogen and oxygen atoms in total. The molecule has 2 heterocycles. The molecule has 0 saturated carbocycles. The number of nitrogens with zero attached hydrogens (tertiary/aromatic N) is 2. The van der Waals surface area contributed by atoms with Crippen molar-refractivity contribution in [3.05, 3.63) is 30.1 Å². The van der Waals surface area contributed by atoms with E-state index in [2.05, 4.69) is 14.9 Å². The van der Waals surface area contributed by atoms with Gasteiger partial charge in [-0.1, -0.05) is 12.1 Å². The summed E-state index contributed by atoms with van der Waals surface area (Å²) in [4.78, 5) is 16.4. The van der Waals surface area contributed by atoms with E-state index in [9.17, 15) is 4.79 Å². The summed E-state index contributed by atoms with van der Waals surface area (Å²) in [5.74, 6) is 0.873. The van der Waals surface area contributed by atoms with Crippen LogP contribution in [0.3, 0.4) is 0 Å². The molecule has 0 aliphatic carbocycles. The number of para-hydroxylation sites is 2. The van der Waals surface area contributed by atoms with Crippen LogP contribution in [0.4, 0.5) is 0 Å². The third-order valence-corrected chi connectivity index (χ3v) is 4.36. The summed E-state index contributed by atoms with van der Waals surface area (Å²) in [6, 6.07) is 8.03. The van der Waals surface area contributed by atoms with Gasteiger partial charge < -0.3 is 19.4 Å². The summed E-state index contributed by atoms with van der Waals surface area (Å²) < 4.78 is 13.1. The van der Waals surface area contributed by atoms with Gasteiger partial charge in [0.05, 0.1) is 23.7 Å². The lowest BCUT2D eigenvalue weighted by molar-refractivity contribution is -0.127. The van der Waals surface area contributed by atoms with Crippen molar-refractivity contribution >= 4 is 16.9 Å². The fourth-order valence-corrected chi connectivity index (χ4v) is 3.01. The lowest BCUT2D eigenvalue weighted by Crippen LogP contribution is -2.32. The Bertz CT molecular complexity index is 677. The Kier molecular flexibility index (Phi) is 5.82. The molecule has 24 heavy (non-hydrogen) atoms. The first-order valence-corrected chi connectivity index (χ1v) is 8.60. The van der Waals surface area contributed by atoms with E-state index < -0.39 is 0 Å². The van der Waals surface area contributed by atoms with Gasteiger partial charge in [-0.3, -0.25) is 4.79 Å². The predicted molar refractivity (Wildman–Crippen MR) is 91.8 cm³/mol. The smallest absolute Gasteiger partial charge is 0.246 e. The second kappa shape index (κ2) is 8.26. The molecule has 1 fully saturated rings. The van der Waals surface area contributed by atoms with Crippen molar-refractivity contribution in [2.24, 2.45) is 7.05 Å². The van der Waals surface area contributed by atoms with Gasteiger partial charge in [0, 0.05) is 26.6 Å². The quantitative estimate of drug-likeness (QED) is 0.840. The van der Waals surface area contributed by atoms with Crippen LogP contribution < -0.4 is 5.32 Å². The molecule has 0 bridgehead atoms. The number of amides is 1. The van der Waals surface area contributed by atoms with E-state index >= 15 is 0 Å². The lowest BCUT2D eigenvalue weighted by Gasteiger charge is -2.22. The van der Waals surface area contributed by atoms with Crippen molar-refractivity contribution < 1.29 is 14.3 Å². The highest BCUT2D eigenvalue weighted by Crippen LogP contribution is 2.14. The van der Waals surface area contributed by atoms with E-state index in [1.165, 1.54) is 6.42 Å². The summed E-state index contributed by atoms with van der Waals surface area (Å²) in [5.41, 5.74) is 2.09. The van der Waals surface area contributed by atoms with Gasteiger partial charge in [-0.2, -0.15) is 0 Å². The third-order valence-electron chi connectivity index (χ3n) is 4.36. The number of carbonyl (C=O) groups excluding carboxylic acids is 1. The van der Waals surface area contributed by atoms with Crippen molar-refractivity contribution in [2.75, 3.05) is 26.4 Å². The van der Waals surface area contributed by atoms with Crippen LogP contribution in [0.25, 0.3) is 11.0 Å². The maximum absolute atomic E-state index is 11.8. The minimum atomic E-state index is -0.0930. The average molecular weight is 331 g/mol. The second-order valence-corrected chi connectivity index (χ2v) is 6.18. The van der Waals surface area contributed by atoms with Crippen LogP contribution in [0.2, 0.25) is 0 Å². The Labute approximate surface area is 142 Å². The first-order chi connectivity index (χ1) is 11.7. The molecule has 0 spiro atoms. The van der Waals surface area contributed by atoms with Gasteiger partial charge >= 0.3 is 0 Å². The van der Waals surface area contributed by atoms with Gasteiger partial charge in [0.25, 0.3) is 0 Å². The van der Waals surface area contributed by atoms with E-state index in [0.29, 0.717) is 19.6 Å². The fraction of sp³-hybridized carbons (Fsp3) is 0.556. The number of ether oxygens (including phenoxy) is 2. The number of fused-ring (bicyclic) bond motifs is 1. The van der Waals surface area contributed by atoms with Crippen LogP contribution in [-0.4, -0.2) is 47.9 Å². The molecule has 6 heteroatoms. The molecule has 0 radical (unpaired) electrons. The predicted octanol–water partition coefficient (Wildman–Crippen LogP) is 1.82. The van der Waals surface area contributed by atoms with E-state index in [0.717, 1.165) is 36.3 Å². The number of nitrogens with one attached hydrogen (secondary N) is 1. The topological polar surface area (TPSA) is 65.4 Å². The number of benzene rings is 1. The number of imidazole rings is 1. The van der Waals surface area contributed by atoms with Gasteiger partial charge in [0.15, 0.2) is 0 Å². The zero-order valence-electron chi connectivity index (χ0n) is 14.2. The van der Waals surface area contributed by atoms with Crippen LogP contribution in [0, 0.1) is 0 Å². The highest BCUT2D eigenvalue weighted by atomic mass is 16.5. The van der Waals surface area contributed by atoms with Crippen LogP contribution in [-0.2, 0) is 27.7 Å². The largest absolute Gasteiger partial charge is 0.376 e. The number of hydrogen-bond donors (Lipinski definition) is 1. The summed E-state index contributed by atoms with van der Waals surface area (Å²) in [6.07, 6.45) is 4.17. The Hall–Kier alpha value is -1.92. The maximum atomic E-state index is 11.8. The van der Waals surface area contributed by atoms with Crippen LogP contribution in [0.1, 0.15) is 25.1 Å². The van der Waals surface area contributed by atoms with Crippen LogP contribution in [0.15, 0.2) is 24.3 Å². The molecule has 130 valence electrons. The van der Waals surface area contributed by atoms with E-state index in [1.807, 2.05) is 31.3 Å². The summed E-state index contributed by atoms with van der Waals surface area (Å²) >= 11 is 0. The number of rotatable bonds is 7. The van der Waals surface area contributed by atoms with E-state index in [4.69, 9.17) is 9.47 Å². The summed E-state index contributed by atoms with van der Waals surface area (Å²) in [5, 5.41) is 2.88. The fourth-order valence-electron chi connectivity index (χ4n) is 3.01. The van der Waals surface area contributed by atoms with Crippen molar-refractivity contribution in [2.45, 2.75) is 31.8 Å². The zero-order valence-corrected chi connectivity index (χ0v) is 14.2. The number of hydrogen-bond acceptors (Lipinski definition) is 4. The minimum absolute atomic E-state index is 0.0857. The van der Waals surface area contributed by atoms with Crippen molar-refractivity contribution in [1.29, 1.82) is 0 Å². The average Bonchev–Trinajstić information content (AvgIpc) is 2.92. The van der Waals surface area contributed by atoms with Gasteiger partial charge in [0.1, 0.15) is 12.4 Å². The Morgan fingerprint density at radius 2 is 2.29 bits per heavy atom. The summed E-state index contributed by atoms with van der Waals surface area (Å²) in [7, 11) is 2.00. The highest BCUT2D eigenvalue weighted by Gasteiger charge is 2.14. The van der Waals surface area contributed by atoms with Crippen molar-refractivity contribution in [3.8, 4) is 0 Å². The highest BCUT2D eigenvalue weighted by molar-refractivity contribution is 5.77. The molecule has 1 saturated heterocycles. The lowest BCUT2D eigenvalue weighted by atomic mass is 10.1. The molecule has 1 aliphatic heterocycles. The molecule has 1 amide bonds. The number of aryl methyl sites for hydroxylation is 1.